The van der Waals surface area contributed by atoms with E-state index in [0.717, 1.165) is 10.8 Å². The van der Waals surface area contributed by atoms with Crippen LogP contribution < -0.4 is 4.74 Å². The van der Waals surface area contributed by atoms with E-state index in [1.54, 1.807) is 6.07 Å². The number of fused-ring (bicyclic) bond motifs is 1. The summed E-state index contributed by atoms with van der Waals surface area (Å²) in [6.07, 6.45) is 0. The topological polar surface area (TPSA) is 26.3 Å². The largest absolute Gasteiger partial charge is 0.422 e. The number of carbonyl (C=O) groups excluding carboxylic acids is 1. The van der Waals surface area contributed by atoms with Crippen LogP contribution in [0, 0.1) is 0 Å². The van der Waals surface area contributed by atoms with Gasteiger partial charge in [-0.3, -0.25) is 0 Å². The van der Waals surface area contributed by atoms with Crippen molar-refractivity contribution in [3.8, 4) is 5.75 Å². The third-order valence-electron chi connectivity index (χ3n) is 2.17. The summed E-state index contributed by atoms with van der Waals surface area (Å²) in [5.74, 6) is 0.165. The Morgan fingerprint density at radius 3 is 2.56 bits per heavy atom. The molecule has 0 aromatic heterocycles. The van der Waals surface area contributed by atoms with Crippen LogP contribution in [-0.2, 0) is 4.79 Å². The normalized spacial score (nSPS) is 10.1. The molecule has 0 radical (unpaired) electrons. The lowest BCUT2D eigenvalue weighted by atomic mass is 10.1. The predicted octanol–water partition coefficient (Wildman–Crippen LogP) is 3.69. The summed E-state index contributed by atoms with van der Waals surface area (Å²) in [4.78, 5) is 11.4. The van der Waals surface area contributed by atoms with Gasteiger partial charge in [-0.2, -0.15) is 0 Å². The number of hydrogen-bond donors (Lipinski definition) is 0. The quantitative estimate of drug-likeness (QED) is 0.364. The van der Waals surface area contributed by atoms with E-state index in [-0.39, 0.29) is 0 Å². The van der Waals surface area contributed by atoms with Gasteiger partial charge < -0.3 is 4.74 Å². The van der Waals surface area contributed by atoms with Crippen LogP contribution in [0.5, 0.6) is 5.75 Å². The zero-order chi connectivity index (χ0) is 11.5. The molecule has 0 fully saturated rings. The van der Waals surface area contributed by atoms with E-state index < -0.39 is 5.97 Å². The van der Waals surface area contributed by atoms with E-state index in [2.05, 4.69) is 6.58 Å². The van der Waals surface area contributed by atoms with Gasteiger partial charge in [0.05, 0.1) is 3.58 Å². The predicted molar refractivity (Wildman–Crippen MR) is 72.7 cm³/mol. The Hall–Kier alpha value is -1.36. The van der Waals surface area contributed by atoms with Crippen molar-refractivity contribution in [3.05, 3.63) is 52.6 Å². The van der Waals surface area contributed by atoms with Gasteiger partial charge in [0.15, 0.2) is 0 Å². The maximum absolute atomic E-state index is 11.4. The van der Waals surface area contributed by atoms with Gasteiger partial charge in [-0.05, 0) is 34.0 Å². The van der Waals surface area contributed by atoms with Crippen LogP contribution in [0.1, 0.15) is 0 Å². The molecule has 0 saturated heterocycles. The van der Waals surface area contributed by atoms with Gasteiger partial charge in [-0.15, -0.1) is 0 Å². The first-order valence-corrected chi connectivity index (χ1v) is 5.81. The number of hydrogen-bond acceptors (Lipinski definition) is 2. The molecule has 0 atom stereocenters. The van der Waals surface area contributed by atoms with Crippen LogP contribution >= 0.6 is 22.6 Å². The van der Waals surface area contributed by atoms with Crippen molar-refractivity contribution in [2.24, 2.45) is 0 Å². The Bertz CT molecular complexity index is 555. The Morgan fingerprint density at radius 1 is 1.12 bits per heavy atom. The molecule has 0 spiro atoms. The summed E-state index contributed by atoms with van der Waals surface area (Å²) < 4.78 is 5.61. The molecule has 0 bridgehead atoms. The van der Waals surface area contributed by atoms with Crippen molar-refractivity contribution >= 4 is 39.3 Å². The molecule has 2 aromatic carbocycles. The van der Waals surface area contributed by atoms with Gasteiger partial charge >= 0.3 is 5.97 Å². The molecule has 2 aromatic rings. The molecule has 0 saturated carbocycles. The number of halogens is 1. The third-order valence-corrected chi connectivity index (χ3v) is 2.61. The maximum atomic E-state index is 11.4. The Labute approximate surface area is 107 Å². The lowest BCUT2D eigenvalue weighted by Gasteiger charge is -2.06. The van der Waals surface area contributed by atoms with E-state index in [1.165, 1.54) is 0 Å². The molecule has 0 aliphatic heterocycles. The number of ether oxygens (including phenoxy) is 1. The van der Waals surface area contributed by atoms with Gasteiger partial charge in [0.1, 0.15) is 5.75 Å². The Kier molecular flexibility index (Phi) is 3.24. The van der Waals surface area contributed by atoms with Gasteiger partial charge in [0.25, 0.3) is 0 Å². The number of carbonyl (C=O) groups is 1. The molecule has 0 N–H and O–H groups in total. The molecule has 80 valence electrons. The molecule has 2 rings (SSSR count). The summed E-state index contributed by atoms with van der Waals surface area (Å²) in [5.41, 5.74) is 0. The van der Waals surface area contributed by atoms with E-state index in [0.29, 0.717) is 9.33 Å². The lowest BCUT2D eigenvalue weighted by Crippen LogP contribution is -2.06. The van der Waals surface area contributed by atoms with Crippen LogP contribution in [-0.4, -0.2) is 5.97 Å². The fraction of sp³-hybridized carbons (Fsp3) is 0. The highest BCUT2D eigenvalue weighted by molar-refractivity contribution is 14.1. The second-order valence-corrected chi connectivity index (χ2v) is 4.57. The fourth-order valence-electron chi connectivity index (χ4n) is 1.44. The third kappa shape index (κ3) is 2.24. The number of benzene rings is 2. The molecule has 0 amide bonds. The van der Waals surface area contributed by atoms with Crippen molar-refractivity contribution in [3.63, 3.8) is 0 Å². The lowest BCUT2D eigenvalue weighted by molar-refractivity contribution is -0.129. The highest BCUT2D eigenvalue weighted by Crippen LogP contribution is 2.26. The second-order valence-electron chi connectivity index (χ2n) is 3.27. The average molecular weight is 324 g/mol. The molecular weight excluding hydrogens is 315 g/mol. The highest BCUT2D eigenvalue weighted by Gasteiger charge is 2.08. The molecule has 2 nitrogen and oxygen atoms in total. The summed E-state index contributed by atoms with van der Waals surface area (Å²) >= 11 is 1.85. The van der Waals surface area contributed by atoms with E-state index in [9.17, 15) is 4.79 Å². The van der Waals surface area contributed by atoms with E-state index in [4.69, 9.17) is 4.74 Å². The molecule has 3 heteroatoms. The maximum Gasteiger partial charge on any atom is 0.349 e. The molecule has 0 aliphatic rings. The van der Waals surface area contributed by atoms with Crippen LogP contribution in [0.4, 0.5) is 0 Å². The first-order valence-electron chi connectivity index (χ1n) is 4.73. The first-order chi connectivity index (χ1) is 7.68. The zero-order valence-corrected chi connectivity index (χ0v) is 10.6. The van der Waals surface area contributed by atoms with Gasteiger partial charge in [0.2, 0.25) is 0 Å². The smallest absolute Gasteiger partial charge is 0.349 e. The van der Waals surface area contributed by atoms with Crippen LogP contribution in [0.15, 0.2) is 52.6 Å². The minimum absolute atomic E-state index is 0.366. The second kappa shape index (κ2) is 4.65. The summed E-state index contributed by atoms with van der Waals surface area (Å²) in [6.45, 7) is 3.54. The van der Waals surface area contributed by atoms with Crippen molar-refractivity contribution in [2.45, 2.75) is 0 Å². The monoisotopic (exact) mass is 324 g/mol. The van der Waals surface area contributed by atoms with Crippen LogP contribution in [0.25, 0.3) is 10.8 Å². The van der Waals surface area contributed by atoms with Gasteiger partial charge in [-0.1, -0.05) is 43.0 Å². The minimum Gasteiger partial charge on any atom is -0.422 e. The molecular formula is C13H9IO2. The number of rotatable bonds is 2. The van der Waals surface area contributed by atoms with Crippen LogP contribution in [0.2, 0.25) is 0 Å². The zero-order valence-electron chi connectivity index (χ0n) is 8.44. The van der Waals surface area contributed by atoms with E-state index in [1.807, 2.05) is 59.0 Å². The Morgan fingerprint density at radius 2 is 1.81 bits per heavy atom. The Balaban J connectivity index is 2.45. The summed E-state index contributed by atoms with van der Waals surface area (Å²) in [6, 6.07) is 13.4. The minimum atomic E-state index is -0.406. The fourth-order valence-corrected chi connectivity index (χ4v) is 1.55. The molecule has 0 heterocycles. The van der Waals surface area contributed by atoms with Crippen molar-refractivity contribution in [1.29, 1.82) is 0 Å². The summed E-state index contributed by atoms with van der Waals surface area (Å²) in [5, 5.41) is 1.97. The van der Waals surface area contributed by atoms with Crippen molar-refractivity contribution < 1.29 is 9.53 Å². The molecule has 0 aliphatic carbocycles. The van der Waals surface area contributed by atoms with E-state index >= 15 is 0 Å². The van der Waals surface area contributed by atoms with Crippen molar-refractivity contribution in [1.82, 2.24) is 0 Å². The summed E-state index contributed by atoms with van der Waals surface area (Å²) in [7, 11) is 0. The average Bonchev–Trinajstić information content (AvgIpc) is 2.29. The molecule has 16 heavy (non-hydrogen) atoms. The highest BCUT2D eigenvalue weighted by atomic mass is 127. The standard InChI is InChI=1S/C13H9IO2/c1-9(14)13(15)16-12-8-4-6-10-5-2-3-7-11(10)12/h2-8H,1H2. The van der Waals surface area contributed by atoms with Gasteiger partial charge in [-0.25, -0.2) is 4.79 Å². The SMILES string of the molecule is C=C(I)C(=O)Oc1cccc2ccccc12. The number of esters is 1. The van der Waals surface area contributed by atoms with Gasteiger partial charge in [0, 0.05) is 5.39 Å². The van der Waals surface area contributed by atoms with Crippen molar-refractivity contribution in [2.75, 3.05) is 0 Å². The molecule has 0 unspecified atom stereocenters. The first kappa shape index (κ1) is 11.1. The van der Waals surface area contributed by atoms with Crippen LogP contribution in [0.3, 0.4) is 0 Å².